The lowest BCUT2D eigenvalue weighted by molar-refractivity contribution is 0.235. The van der Waals surface area contributed by atoms with E-state index < -0.39 is 0 Å². The molecule has 1 saturated heterocycles. The van der Waals surface area contributed by atoms with Gasteiger partial charge in [0, 0.05) is 6.54 Å². The summed E-state index contributed by atoms with van der Waals surface area (Å²) in [5.41, 5.74) is 5.72. The van der Waals surface area contributed by atoms with Crippen LogP contribution in [0.2, 0.25) is 0 Å². The van der Waals surface area contributed by atoms with E-state index in [9.17, 15) is 0 Å². The molecule has 2 heteroatoms. The van der Waals surface area contributed by atoms with E-state index in [1.807, 2.05) is 0 Å². The van der Waals surface area contributed by atoms with Gasteiger partial charge in [0.25, 0.3) is 0 Å². The van der Waals surface area contributed by atoms with Crippen molar-refractivity contribution in [3.63, 3.8) is 0 Å². The first-order valence-corrected chi connectivity index (χ1v) is 7.20. The van der Waals surface area contributed by atoms with Gasteiger partial charge in [0.15, 0.2) is 0 Å². The van der Waals surface area contributed by atoms with Gasteiger partial charge in [-0.25, -0.2) is 0 Å². The van der Waals surface area contributed by atoms with Gasteiger partial charge in [-0.1, -0.05) is 32.6 Å². The summed E-state index contributed by atoms with van der Waals surface area (Å²) in [6.07, 6.45) is 8.67. The molecule has 1 atom stereocenters. The van der Waals surface area contributed by atoms with Crippen LogP contribution in [0.4, 0.5) is 0 Å². The van der Waals surface area contributed by atoms with Gasteiger partial charge in [-0.3, -0.25) is 0 Å². The normalized spacial score (nSPS) is 36.8. The van der Waals surface area contributed by atoms with Gasteiger partial charge in [0.2, 0.25) is 0 Å². The molecule has 1 saturated carbocycles. The van der Waals surface area contributed by atoms with Crippen LogP contribution < -0.4 is 5.73 Å². The molecular formula is C14H28N2. The average molecular weight is 224 g/mol. The van der Waals surface area contributed by atoms with Crippen molar-refractivity contribution in [3.8, 4) is 0 Å². The van der Waals surface area contributed by atoms with Crippen molar-refractivity contribution in [2.24, 2.45) is 23.5 Å². The van der Waals surface area contributed by atoms with Crippen molar-refractivity contribution in [1.82, 2.24) is 4.90 Å². The highest BCUT2D eigenvalue weighted by molar-refractivity contribution is 4.78. The molecule has 2 N–H and O–H groups in total. The maximum Gasteiger partial charge on any atom is 0.00222 e. The number of rotatable bonds is 4. The van der Waals surface area contributed by atoms with E-state index in [0.717, 1.165) is 24.3 Å². The maximum atomic E-state index is 5.72. The van der Waals surface area contributed by atoms with E-state index in [1.165, 1.54) is 58.2 Å². The van der Waals surface area contributed by atoms with E-state index in [-0.39, 0.29) is 0 Å². The van der Waals surface area contributed by atoms with E-state index in [4.69, 9.17) is 5.73 Å². The molecular weight excluding hydrogens is 196 g/mol. The quantitative estimate of drug-likeness (QED) is 0.795. The van der Waals surface area contributed by atoms with Crippen molar-refractivity contribution in [2.45, 2.75) is 45.4 Å². The summed E-state index contributed by atoms with van der Waals surface area (Å²) in [5.74, 6) is 2.80. The van der Waals surface area contributed by atoms with Crippen LogP contribution in [0.1, 0.15) is 45.4 Å². The van der Waals surface area contributed by atoms with Gasteiger partial charge >= 0.3 is 0 Å². The van der Waals surface area contributed by atoms with Gasteiger partial charge in [-0.15, -0.1) is 0 Å². The Morgan fingerprint density at radius 3 is 2.44 bits per heavy atom. The number of hydrogen-bond acceptors (Lipinski definition) is 2. The van der Waals surface area contributed by atoms with Crippen LogP contribution in [0.25, 0.3) is 0 Å². The second-order valence-corrected chi connectivity index (χ2v) is 6.11. The highest BCUT2D eigenvalue weighted by Crippen LogP contribution is 2.30. The van der Waals surface area contributed by atoms with E-state index in [1.54, 1.807) is 0 Å². The van der Waals surface area contributed by atoms with Gasteiger partial charge in [-0.05, 0) is 50.2 Å². The second kappa shape index (κ2) is 6.02. The Bertz CT molecular complexity index is 195. The van der Waals surface area contributed by atoms with Crippen LogP contribution in [0.3, 0.4) is 0 Å². The topological polar surface area (TPSA) is 29.3 Å². The third-order valence-corrected chi connectivity index (χ3v) is 4.69. The van der Waals surface area contributed by atoms with E-state index >= 15 is 0 Å². The summed E-state index contributed by atoms with van der Waals surface area (Å²) in [5, 5.41) is 0. The second-order valence-electron chi connectivity index (χ2n) is 6.11. The lowest BCUT2D eigenvalue weighted by Crippen LogP contribution is -2.26. The summed E-state index contributed by atoms with van der Waals surface area (Å²) in [6.45, 7) is 7.18. The van der Waals surface area contributed by atoms with Crippen LogP contribution >= 0.6 is 0 Å². The number of nitrogens with zero attached hydrogens (tertiary/aromatic N) is 1. The van der Waals surface area contributed by atoms with Gasteiger partial charge in [0.05, 0.1) is 0 Å². The number of nitrogens with two attached hydrogens (primary N) is 1. The third kappa shape index (κ3) is 3.46. The minimum atomic E-state index is 0.784. The molecule has 2 rings (SSSR count). The summed E-state index contributed by atoms with van der Waals surface area (Å²) in [6, 6.07) is 0. The lowest BCUT2D eigenvalue weighted by atomic mass is 9.81. The minimum Gasteiger partial charge on any atom is -0.330 e. The zero-order chi connectivity index (χ0) is 11.4. The third-order valence-electron chi connectivity index (χ3n) is 4.69. The van der Waals surface area contributed by atoms with Crippen molar-refractivity contribution < 1.29 is 0 Å². The summed E-state index contributed by atoms with van der Waals surface area (Å²) in [7, 11) is 0. The van der Waals surface area contributed by atoms with Crippen LogP contribution in [-0.2, 0) is 0 Å². The van der Waals surface area contributed by atoms with Crippen molar-refractivity contribution >= 4 is 0 Å². The largest absolute Gasteiger partial charge is 0.330 e. The molecule has 2 fully saturated rings. The molecule has 0 aromatic heterocycles. The molecule has 0 amide bonds. The molecule has 1 aliphatic heterocycles. The van der Waals surface area contributed by atoms with Crippen LogP contribution in [-0.4, -0.2) is 31.1 Å². The molecule has 1 unspecified atom stereocenters. The molecule has 2 nitrogen and oxygen atoms in total. The predicted molar refractivity (Wildman–Crippen MR) is 69.3 cm³/mol. The van der Waals surface area contributed by atoms with Crippen LogP contribution in [0.15, 0.2) is 0 Å². The monoisotopic (exact) mass is 224 g/mol. The molecule has 0 aromatic rings. The molecule has 0 aromatic carbocycles. The summed E-state index contributed by atoms with van der Waals surface area (Å²) in [4.78, 5) is 2.63. The Hall–Kier alpha value is -0.0800. The smallest absolute Gasteiger partial charge is 0.00222 e. The Kier molecular flexibility index (Phi) is 4.66. The molecule has 0 radical (unpaired) electrons. The zero-order valence-corrected chi connectivity index (χ0v) is 10.8. The first-order chi connectivity index (χ1) is 7.78. The minimum absolute atomic E-state index is 0.784. The predicted octanol–water partition coefficient (Wildman–Crippen LogP) is 2.48. The number of likely N-dealkylation sites (tertiary alicyclic amines) is 1. The average Bonchev–Trinajstić information content (AvgIpc) is 2.76. The number of hydrogen-bond donors (Lipinski definition) is 1. The molecule has 0 spiro atoms. The van der Waals surface area contributed by atoms with Gasteiger partial charge in [0.1, 0.15) is 0 Å². The Balaban J connectivity index is 1.61. The van der Waals surface area contributed by atoms with E-state index in [2.05, 4.69) is 11.8 Å². The zero-order valence-electron chi connectivity index (χ0n) is 10.8. The Morgan fingerprint density at radius 1 is 1.06 bits per heavy atom. The van der Waals surface area contributed by atoms with Crippen LogP contribution in [0.5, 0.6) is 0 Å². The fourth-order valence-corrected chi connectivity index (χ4v) is 3.29. The Labute approximate surface area is 101 Å². The van der Waals surface area contributed by atoms with Gasteiger partial charge < -0.3 is 10.6 Å². The molecule has 1 heterocycles. The first kappa shape index (κ1) is 12.4. The SMILES string of the molecule is CC1CCC(CCN2CCC(CN)C2)CC1. The fourth-order valence-electron chi connectivity index (χ4n) is 3.29. The van der Waals surface area contributed by atoms with Crippen molar-refractivity contribution in [1.29, 1.82) is 0 Å². The fraction of sp³-hybridized carbons (Fsp3) is 1.00. The van der Waals surface area contributed by atoms with Crippen molar-refractivity contribution in [2.75, 3.05) is 26.2 Å². The highest BCUT2D eigenvalue weighted by atomic mass is 15.1. The standard InChI is InChI=1S/C14H28N2/c1-12-2-4-13(5-3-12)6-8-16-9-7-14(10-15)11-16/h12-14H,2-11,15H2,1H3. The van der Waals surface area contributed by atoms with Crippen LogP contribution in [0, 0.1) is 17.8 Å². The lowest BCUT2D eigenvalue weighted by Gasteiger charge is -2.27. The first-order valence-electron chi connectivity index (χ1n) is 7.20. The maximum absolute atomic E-state index is 5.72. The Morgan fingerprint density at radius 2 is 1.81 bits per heavy atom. The molecule has 16 heavy (non-hydrogen) atoms. The molecule has 94 valence electrons. The molecule has 1 aliphatic carbocycles. The summed E-state index contributed by atoms with van der Waals surface area (Å²) >= 11 is 0. The molecule has 2 aliphatic rings. The van der Waals surface area contributed by atoms with Gasteiger partial charge in [-0.2, -0.15) is 0 Å². The molecule has 0 bridgehead atoms. The summed E-state index contributed by atoms with van der Waals surface area (Å²) < 4.78 is 0. The van der Waals surface area contributed by atoms with Crippen molar-refractivity contribution in [3.05, 3.63) is 0 Å². The highest BCUT2D eigenvalue weighted by Gasteiger charge is 2.23. The van der Waals surface area contributed by atoms with E-state index in [0.29, 0.717) is 0 Å².